The molecule has 0 bridgehead atoms. The molecule has 2 aromatic rings. The van der Waals surface area contributed by atoms with E-state index in [2.05, 4.69) is 10.4 Å². The Bertz CT molecular complexity index is 522. The fourth-order valence-corrected chi connectivity index (χ4v) is 1.27. The molecule has 1 aromatic heterocycles. The van der Waals surface area contributed by atoms with Crippen molar-refractivity contribution in [2.24, 2.45) is 7.05 Å². The van der Waals surface area contributed by atoms with Crippen LogP contribution in [0.1, 0.15) is 0 Å². The number of aryl methyl sites for hydroxylation is 1. The Balaban J connectivity index is 2.01. The molecule has 0 aliphatic rings. The van der Waals surface area contributed by atoms with Crippen molar-refractivity contribution in [3.8, 4) is 5.75 Å². The Morgan fingerprint density at radius 2 is 2.12 bits per heavy atom. The molecule has 1 aromatic carbocycles. The summed E-state index contributed by atoms with van der Waals surface area (Å²) in [7, 11) is 1.66. The number of hydrogen-bond acceptors (Lipinski definition) is 4. The lowest BCUT2D eigenvalue weighted by Gasteiger charge is -2.05. The second-order valence-electron chi connectivity index (χ2n) is 3.40. The lowest BCUT2D eigenvalue weighted by Crippen LogP contribution is -2.17. The SMILES string of the molecule is Cn1ncc(OC(=O)Nc2ccccc2)c1N. The van der Waals surface area contributed by atoms with Gasteiger partial charge in [0, 0.05) is 12.7 Å². The normalized spacial score (nSPS) is 9.94. The first kappa shape index (κ1) is 11.0. The zero-order valence-electron chi connectivity index (χ0n) is 9.25. The number of ether oxygens (including phenoxy) is 1. The molecule has 6 heteroatoms. The first-order valence-electron chi connectivity index (χ1n) is 4.98. The lowest BCUT2D eigenvalue weighted by atomic mass is 10.3. The molecular weight excluding hydrogens is 220 g/mol. The van der Waals surface area contributed by atoms with E-state index in [1.807, 2.05) is 18.2 Å². The highest BCUT2D eigenvalue weighted by atomic mass is 16.6. The van der Waals surface area contributed by atoms with Gasteiger partial charge in [0.05, 0.1) is 6.20 Å². The zero-order valence-corrected chi connectivity index (χ0v) is 9.25. The summed E-state index contributed by atoms with van der Waals surface area (Å²) in [5, 5.41) is 6.44. The second-order valence-corrected chi connectivity index (χ2v) is 3.40. The van der Waals surface area contributed by atoms with Crippen molar-refractivity contribution in [3.63, 3.8) is 0 Å². The number of amides is 1. The summed E-state index contributed by atoms with van der Waals surface area (Å²) in [6.45, 7) is 0. The average Bonchev–Trinajstić information content (AvgIpc) is 2.62. The summed E-state index contributed by atoms with van der Waals surface area (Å²) < 4.78 is 6.43. The number of anilines is 2. The van der Waals surface area contributed by atoms with Gasteiger partial charge in [0.1, 0.15) is 0 Å². The summed E-state index contributed by atoms with van der Waals surface area (Å²) in [4.78, 5) is 11.5. The largest absolute Gasteiger partial charge is 0.417 e. The van der Waals surface area contributed by atoms with Gasteiger partial charge in [-0.05, 0) is 12.1 Å². The number of carbonyl (C=O) groups is 1. The van der Waals surface area contributed by atoms with Gasteiger partial charge >= 0.3 is 6.09 Å². The van der Waals surface area contributed by atoms with Crippen molar-refractivity contribution in [2.75, 3.05) is 11.1 Å². The predicted octanol–water partition coefficient (Wildman–Crippen LogP) is 1.61. The number of nitrogens with two attached hydrogens (primary N) is 1. The van der Waals surface area contributed by atoms with E-state index in [4.69, 9.17) is 10.5 Å². The van der Waals surface area contributed by atoms with Gasteiger partial charge in [-0.15, -0.1) is 0 Å². The molecule has 0 spiro atoms. The molecule has 0 radical (unpaired) electrons. The lowest BCUT2D eigenvalue weighted by molar-refractivity contribution is 0.215. The first-order chi connectivity index (χ1) is 8.16. The fourth-order valence-electron chi connectivity index (χ4n) is 1.27. The molecule has 1 heterocycles. The summed E-state index contributed by atoms with van der Waals surface area (Å²) in [6, 6.07) is 9.00. The molecule has 2 rings (SSSR count). The molecule has 6 nitrogen and oxygen atoms in total. The van der Waals surface area contributed by atoms with Crippen molar-refractivity contribution in [1.29, 1.82) is 0 Å². The number of para-hydroxylation sites is 1. The zero-order chi connectivity index (χ0) is 12.3. The third-order valence-corrected chi connectivity index (χ3v) is 2.17. The summed E-state index contributed by atoms with van der Waals surface area (Å²) in [6.07, 6.45) is 0.788. The predicted molar refractivity (Wildman–Crippen MR) is 63.7 cm³/mol. The summed E-state index contributed by atoms with van der Waals surface area (Å²) >= 11 is 0. The Hall–Kier alpha value is -2.50. The van der Waals surface area contributed by atoms with Gasteiger partial charge in [0.2, 0.25) is 0 Å². The average molecular weight is 232 g/mol. The Morgan fingerprint density at radius 3 is 2.71 bits per heavy atom. The number of hydrogen-bond donors (Lipinski definition) is 2. The maximum atomic E-state index is 11.5. The van der Waals surface area contributed by atoms with Gasteiger partial charge in [-0.1, -0.05) is 18.2 Å². The van der Waals surface area contributed by atoms with E-state index in [1.54, 1.807) is 19.2 Å². The smallest absolute Gasteiger partial charge is 0.404 e. The fraction of sp³-hybridized carbons (Fsp3) is 0.0909. The molecule has 0 unspecified atom stereocenters. The molecule has 0 atom stereocenters. The van der Waals surface area contributed by atoms with E-state index in [-0.39, 0.29) is 5.75 Å². The third-order valence-electron chi connectivity index (χ3n) is 2.17. The molecule has 0 saturated carbocycles. The van der Waals surface area contributed by atoms with Gasteiger partial charge in [-0.25, -0.2) is 9.48 Å². The number of nitrogens with zero attached hydrogens (tertiary/aromatic N) is 2. The van der Waals surface area contributed by atoms with Crippen LogP contribution in [-0.4, -0.2) is 15.9 Å². The van der Waals surface area contributed by atoms with Crippen LogP contribution in [0, 0.1) is 0 Å². The Morgan fingerprint density at radius 1 is 1.41 bits per heavy atom. The standard InChI is InChI=1S/C11H12N4O2/c1-15-10(12)9(7-13-15)17-11(16)14-8-5-3-2-4-6-8/h2-7H,12H2,1H3,(H,14,16). The number of nitrogens with one attached hydrogen (secondary N) is 1. The number of nitrogen functional groups attached to an aromatic ring is 1. The maximum absolute atomic E-state index is 11.5. The van der Waals surface area contributed by atoms with Crippen LogP contribution in [0.2, 0.25) is 0 Å². The van der Waals surface area contributed by atoms with Crippen LogP contribution in [0.15, 0.2) is 36.5 Å². The highest BCUT2D eigenvalue weighted by Crippen LogP contribution is 2.19. The number of rotatable bonds is 2. The first-order valence-corrected chi connectivity index (χ1v) is 4.98. The molecular formula is C11H12N4O2. The molecule has 0 saturated heterocycles. The monoisotopic (exact) mass is 232 g/mol. The van der Waals surface area contributed by atoms with Crippen LogP contribution in [0.3, 0.4) is 0 Å². The summed E-state index contributed by atoms with van der Waals surface area (Å²) in [5.74, 6) is 0.536. The van der Waals surface area contributed by atoms with Gasteiger partial charge < -0.3 is 10.5 Å². The summed E-state index contributed by atoms with van der Waals surface area (Å²) in [5.41, 5.74) is 6.29. The molecule has 88 valence electrons. The minimum atomic E-state index is -0.601. The highest BCUT2D eigenvalue weighted by Gasteiger charge is 2.10. The van der Waals surface area contributed by atoms with Gasteiger partial charge in [0.15, 0.2) is 11.6 Å². The Kier molecular flexibility index (Phi) is 2.95. The molecule has 0 fully saturated rings. The van der Waals surface area contributed by atoms with Crippen LogP contribution < -0.4 is 15.8 Å². The van der Waals surface area contributed by atoms with E-state index in [0.29, 0.717) is 11.5 Å². The van der Waals surface area contributed by atoms with Gasteiger partial charge in [0.25, 0.3) is 0 Å². The minimum absolute atomic E-state index is 0.237. The van der Waals surface area contributed by atoms with E-state index in [1.165, 1.54) is 10.9 Å². The number of aromatic nitrogens is 2. The van der Waals surface area contributed by atoms with Crippen molar-refractivity contribution < 1.29 is 9.53 Å². The minimum Gasteiger partial charge on any atom is -0.404 e. The second kappa shape index (κ2) is 4.56. The molecule has 17 heavy (non-hydrogen) atoms. The molecule has 0 aliphatic heterocycles. The number of benzene rings is 1. The third kappa shape index (κ3) is 2.54. The van der Waals surface area contributed by atoms with Crippen LogP contribution in [-0.2, 0) is 7.05 Å². The highest BCUT2D eigenvalue weighted by molar-refractivity contribution is 5.86. The van der Waals surface area contributed by atoms with E-state index >= 15 is 0 Å². The van der Waals surface area contributed by atoms with Gasteiger partial charge in [-0.2, -0.15) is 5.10 Å². The Labute approximate surface area is 98.0 Å². The number of carbonyl (C=O) groups excluding carboxylic acids is 1. The van der Waals surface area contributed by atoms with Gasteiger partial charge in [-0.3, -0.25) is 5.32 Å². The molecule has 3 N–H and O–H groups in total. The maximum Gasteiger partial charge on any atom is 0.417 e. The van der Waals surface area contributed by atoms with E-state index in [9.17, 15) is 4.79 Å². The van der Waals surface area contributed by atoms with Crippen LogP contribution >= 0.6 is 0 Å². The van der Waals surface area contributed by atoms with Crippen LogP contribution in [0.5, 0.6) is 5.75 Å². The van der Waals surface area contributed by atoms with Crippen molar-refractivity contribution in [2.45, 2.75) is 0 Å². The molecule has 1 amide bonds. The topological polar surface area (TPSA) is 82.2 Å². The van der Waals surface area contributed by atoms with Crippen molar-refractivity contribution in [3.05, 3.63) is 36.5 Å². The van der Waals surface area contributed by atoms with Crippen molar-refractivity contribution in [1.82, 2.24) is 9.78 Å². The van der Waals surface area contributed by atoms with E-state index < -0.39 is 6.09 Å². The molecule has 0 aliphatic carbocycles. The van der Waals surface area contributed by atoms with Crippen molar-refractivity contribution >= 4 is 17.6 Å². The van der Waals surface area contributed by atoms with Crippen LogP contribution in [0.25, 0.3) is 0 Å². The van der Waals surface area contributed by atoms with Crippen LogP contribution in [0.4, 0.5) is 16.3 Å². The quantitative estimate of drug-likeness (QED) is 0.824. The van der Waals surface area contributed by atoms with E-state index in [0.717, 1.165) is 0 Å².